The third-order valence-electron chi connectivity index (χ3n) is 4.38. The first-order valence-corrected chi connectivity index (χ1v) is 8.92. The fourth-order valence-corrected chi connectivity index (χ4v) is 2.93. The van der Waals surface area contributed by atoms with Crippen LogP contribution in [-0.2, 0) is 11.2 Å². The number of amides is 1. The molecule has 0 saturated carbocycles. The van der Waals surface area contributed by atoms with Crippen molar-refractivity contribution < 1.29 is 23.4 Å². The van der Waals surface area contributed by atoms with Crippen molar-refractivity contribution in [2.24, 2.45) is 0 Å². The summed E-state index contributed by atoms with van der Waals surface area (Å²) in [5.74, 6) is 2.97. The van der Waals surface area contributed by atoms with Crippen LogP contribution < -0.4 is 19.5 Å². The molecule has 4 rings (SSSR count). The van der Waals surface area contributed by atoms with Crippen molar-refractivity contribution in [3.8, 4) is 28.7 Å². The minimum atomic E-state index is -0.186. The van der Waals surface area contributed by atoms with E-state index in [1.165, 1.54) is 0 Å². The third kappa shape index (κ3) is 3.78. The molecule has 0 fully saturated rings. The van der Waals surface area contributed by atoms with Crippen LogP contribution in [0.2, 0.25) is 0 Å². The van der Waals surface area contributed by atoms with Gasteiger partial charge in [-0.1, -0.05) is 0 Å². The molecular formula is C21H20N2O5. The molecule has 144 valence electrons. The van der Waals surface area contributed by atoms with E-state index in [1.54, 1.807) is 32.2 Å². The molecule has 2 heterocycles. The van der Waals surface area contributed by atoms with E-state index in [9.17, 15) is 4.79 Å². The number of nitrogens with one attached hydrogen (secondary N) is 1. The molecule has 1 aromatic heterocycles. The highest BCUT2D eigenvalue weighted by atomic mass is 16.6. The first-order chi connectivity index (χ1) is 13.6. The Hall–Kier alpha value is -3.48. The zero-order valence-electron chi connectivity index (χ0n) is 15.7. The van der Waals surface area contributed by atoms with E-state index in [1.807, 2.05) is 24.3 Å². The molecule has 7 heteroatoms. The molecule has 1 aliphatic rings. The molecule has 1 amide bonds. The van der Waals surface area contributed by atoms with Gasteiger partial charge in [-0.2, -0.15) is 0 Å². The first kappa shape index (κ1) is 17.9. The van der Waals surface area contributed by atoms with E-state index in [0.29, 0.717) is 47.7 Å². The Morgan fingerprint density at radius 2 is 1.86 bits per heavy atom. The predicted molar refractivity (Wildman–Crippen MR) is 103 cm³/mol. The van der Waals surface area contributed by atoms with Crippen molar-refractivity contribution in [1.29, 1.82) is 0 Å². The summed E-state index contributed by atoms with van der Waals surface area (Å²) in [6.45, 7) is 2.82. The number of rotatable bonds is 5. The Bertz CT molecular complexity index is 995. The SMILES string of the molecule is COc1ccc(-c2nc(CC(=O)Nc3ccc4c(c3)OCCO4)c(C)o2)cc1. The van der Waals surface area contributed by atoms with Gasteiger partial charge in [-0.05, 0) is 43.3 Å². The van der Waals surface area contributed by atoms with Crippen LogP contribution in [0.25, 0.3) is 11.5 Å². The quantitative estimate of drug-likeness (QED) is 0.728. The van der Waals surface area contributed by atoms with Crippen molar-refractivity contribution in [2.75, 3.05) is 25.6 Å². The smallest absolute Gasteiger partial charge is 0.230 e. The van der Waals surface area contributed by atoms with E-state index in [-0.39, 0.29) is 12.3 Å². The molecule has 1 N–H and O–H groups in total. The number of fused-ring (bicyclic) bond motifs is 1. The van der Waals surface area contributed by atoms with E-state index in [0.717, 1.165) is 11.3 Å². The molecule has 0 saturated heterocycles. The summed E-state index contributed by atoms with van der Waals surface area (Å²) in [5, 5.41) is 2.86. The Morgan fingerprint density at radius 3 is 2.61 bits per heavy atom. The number of benzene rings is 2. The summed E-state index contributed by atoms with van der Waals surface area (Å²) in [6.07, 6.45) is 0.111. The third-order valence-corrected chi connectivity index (χ3v) is 4.38. The molecular weight excluding hydrogens is 360 g/mol. The maximum absolute atomic E-state index is 12.5. The van der Waals surface area contributed by atoms with Crippen LogP contribution in [0.1, 0.15) is 11.5 Å². The van der Waals surface area contributed by atoms with E-state index < -0.39 is 0 Å². The normalized spacial score (nSPS) is 12.5. The maximum atomic E-state index is 12.5. The lowest BCUT2D eigenvalue weighted by atomic mass is 10.2. The Labute approximate surface area is 162 Å². The summed E-state index contributed by atoms with van der Waals surface area (Å²) in [4.78, 5) is 16.9. The van der Waals surface area contributed by atoms with Crippen LogP contribution in [0, 0.1) is 6.92 Å². The topological polar surface area (TPSA) is 82.8 Å². The van der Waals surface area contributed by atoms with Gasteiger partial charge < -0.3 is 23.9 Å². The second kappa shape index (κ2) is 7.64. The lowest BCUT2D eigenvalue weighted by molar-refractivity contribution is -0.115. The highest BCUT2D eigenvalue weighted by Crippen LogP contribution is 2.32. The van der Waals surface area contributed by atoms with Gasteiger partial charge in [0, 0.05) is 17.3 Å². The monoisotopic (exact) mass is 380 g/mol. The molecule has 3 aromatic rings. The Kier molecular flexibility index (Phi) is 4.89. The molecule has 0 aliphatic carbocycles. The zero-order valence-corrected chi connectivity index (χ0v) is 15.7. The average molecular weight is 380 g/mol. The number of hydrogen-bond acceptors (Lipinski definition) is 6. The first-order valence-electron chi connectivity index (χ1n) is 8.92. The van der Waals surface area contributed by atoms with Crippen LogP contribution >= 0.6 is 0 Å². The van der Waals surface area contributed by atoms with Gasteiger partial charge in [0.05, 0.1) is 19.2 Å². The van der Waals surface area contributed by atoms with Crippen molar-refractivity contribution >= 4 is 11.6 Å². The van der Waals surface area contributed by atoms with Crippen LogP contribution in [0.3, 0.4) is 0 Å². The highest BCUT2D eigenvalue weighted by molar-refractivity contribution is 5.92. The second-order valence-corrected chi connectivity index (χ2v) is 6.33. The number of hydrogen-bond donors (Lipinski definition) is 1. The number of aromatic nitrogens is 1. The average Bonchev–Trinajstić information content (AvgIpc) is 3.08. The summed E-state index contributed by atoms with van der Waals surface area (Å²) in [6, 6.07) is 12.7. The van der Waals surface area contributed by atoms with Crippen LogP contribution in [0.5, 0.6) is 17.2 Å². The molecule has 2 aromatic carbocycles. The van der Waals surface area contributed by atoms with Gasteiger partial charge in [0.1, 0.15) is 24.7 Å². The molecule has 0 spiro atoms. The number of methoxy groups -OCH3 is 1. The minimum Gasteiger partial charge on any atom is -0.497 e. The number of nitrogens with zero attached hydrogens (tertiary/aromatic N) is 1. The number of aryl methyl sites for hydroxylation is 1. The summed E-state index contributed by atoms with van der Waals surface area (Å²) in [5.41, 5.74) is 2.06. The van der Waals surface area contributed by atoms with Gasteiger partial charge in [0.2, 0.25) is 11.8 Å². The fraction of sp³-hybridized carbons (Fsp3) is 0.238. The number of carbonyl (C=O) groups excluding carboxylic acids is 1. The molecule has 0 atom stereocenters. The van der Waals surface area contributed by atoms with Gasteiger partial charge in [-0.25, -0.2) is 4.98 Å². The number of carbonyl (C=O) groups is 1. The molecule has 28 heavy (non-hydrogen) atoms. The summed E-state index contributed by atoms with van der Waals surface area (Å²) in [7, 11) is 1.61. The lowest BCUT2D eigenvalue weighted by Crippen LogP contribution is -2.17. The largest absolute Gasteiger partial charge is 0.497 e. The van der Waals surface area contributed by atoms with Crippen LogP contribution in [-0.4, -0.2) is 31.2 Å². The van der Waals surface area contributed by atoms with Crippen molar-refractivity contribution in [3.05, 3.63) is 53.9 Å². The van der Waals surface area contributed by atoms with Crippen molar-refractivity contribution in [3.63, 3.8) is 0 Å². The van der Waals surface area contributed by atoms with E-state index in [2.05, 4.69) is 10.3 Å². The minimum absolute atomic E-state index is 0.111. The summed E-state index contributed by atoms with van der Waals surface area (Å²) >= 11 is 0. The Balaban J connectivity index is 1.45. The number of anilines is 1. The zero-order chi connectivity index (χ0) is 19.5. The van der Waals surface area contributed by atoms with Gasteiger partial charge >= 0.3 is 0 Å². The predicted octanol–water partition coefficient (Wildman–Crippen LogP) is 3.61. The second-order valence-electron chi connectivity index (χ2n) is 6.33. The Morgan fingerprint density at radius 1 is 1.11 bits per heavy atom. The number of oxazole rings is 1. The number of ether oxygens (including phenoxy) is 3. The molecule has 1 aliphatic heterocycles. The molecule has 0 radical (unpaired) electrons. The van der Waals surface area contributed by atoms with E-state index in [4.69, 9.17) is 18.6 Å². The van der Waals surface area contributed by atoms with E-state index >= 15 is 0 Å². The standard InChI is InChI=1S/C21H20N2O5/c1-13-17(23-21(28-13)14-3-6-16(25-2)7-4-14)12-20(24)22-15-5-8-18-19(11-15)27-10-9-26-18/h3-8,11H,9-10,12H2,1-2H3,(H,22,24). The van der Waals surface area contributed by atoms with Gasteiger partial charge in [0.25, 0.3) is 0 Å². The molecule has 0 unspecified atom stereocenters. The highest BCUT2D eigenvalue weighted by Gasteiger charge is 2.16. The lowest BCUT2D eigenvalue weighted by Gasteiger charge is -2.18. The van der Waals surface area contributed by atoms with Gasteiger partial charge in [-0.3, -0.25) is 4.79 Å². The van der Waals surface area contributed by atoms with Crippen LogP contribution in [0.15, 0.2) is 46.9 Å². The van der Waals surface area contributed by atoms with Crippen molar-refractivity contribution in [1.82, 2.24) is 4.98 Å². The molecule has 7 nitrogen and oxygen atoms in total. The van der Waals surface area contributed by atoms with Crippen LogP contribution in [0.4, 0.5) is 5.69 Å². The maximum Gasteiger partial charge on any atom is 0.230 e. The van der Waals surface area contributed by atoms with Gasteiger partial charge in [-0.15, -0.1) is 0 Å². The fourth-order valence-electron chi connectivity index (χ4n) is 2.93. The van der Waals surface area contributed by atoms with Crippen molar-refractivity contribution in [2.45, 2.75) is 13.3 Å². The summed E-state index contributed by atoms with van der Waals surface area (Å²) < 4.78 is 21.9. The van der Waals surface area contributed by atoms with Gasteiger partial charge in [0.15, 0.2) is 11.5 Å². The molecule has 0 bridgehead atoms.